The predicted molar refractivity (Wildman–Crippen MR) is 98.5 cm³/mol. The maximum atomic E-state index is 14.7. The van der Waals surface area contributed by atoms with Crippen LogP contribution in [0.1, 0.15) is 31.9 Å². The fourth-order valence-corrected chi connectivity index (χ4v) is 3.29. The Hall–Kier alpha value is -2.07. The van der Waals surface area contributed by atoms with Crippen molar-refractivity contribution in [3.63, 3.8) is 0 Å². The van der Waals surface area contributed by atoms with Gasteiger partial charge < -0.3 is 15.1 Å². The van der Waals surface area contributed by atoms with Gasteiger partial charge in [-0.05, 0) is 51.6 Å². The standard InChI is InChI=1S/C20H25FN3/c1-15(2)23-14-24(20-17(21)10-7-11-19(20)23)18(12-13-22-3)16-8-5-4-6-9-16/h4-11,14-15,18,22H,12-13H2,1-3H3. The Morgan fingerprint density at radius 3 is 2.42 bits per heavy atom. The van der Waals surface area contributed by atoms with E-state index in [9.17, 15) is 4.39 Å². The van der Waals surface area contributed by atoms with Gasteiger partial charge in [0.1, 0.15) is 12.5 Å². The van der Waals surface area contributed by atoms with Gasteiger partial charge in [-0.25, -0.2) is 4.39 Å². The molecule has 0 spiro atoms. The Bertz CT molecular complexity index is 672. The first-order valence-electron chi connectivity index (χ1n) is 8.53. The molecule has 3 rings (SSSR count). The molecule has 4 heteroatoms. The number of halogens is 1. The second kappa shape index (κ2) is 7.22. The van der Waals surface area contributed by atoms with Crippen molar-refractivity contribution in [2.75, 3.05) is 23.4 Å². The minimum absolute atomic E-state index is 0.0954. The van der Waals surface area contributed by atoms with Crippen LogP contribution in [0.15, 0.2) is 48.5 Å². The van der Waals surface area contributed by atoms with Gasteiger partial charge >= 0.3 is 0 Å². The number of nitrogens with one attached hydrogen (secondary N) is 1. The second-order valence-electron chi connectivity index (χ2n) is 6.45. The van der Waals surface area contributed by atoms with Gasteiger partial charge in [0, 0.05) is 6.04 Å². The van der Waals surface area contributed by atoms with Gasteiger partial charge in [-0.1, -0.05) is 36.4 Å². The zero-order chi connectivity index (χ0) is 17.1. The number of hydrogen-bond donors (Lipinski definition) is 1. The molecule has 1 radical (unpaired) electrons. The van der Waals surface area contributed by atoms with Crippen molar-refractivity contribution in [3.8, 4) is 0 Å². The van der Waals surface area contributed by atoms with E-state index < -0.39 is 0 Å². The summed E-state index contributed by atoms with van der Waals surface area (Å²) in [7, 11) is 1.95. The lowest BCUT2D eigenvalue weighted by Gasteiger charge is -2.31. The molecule has 0 aliphatic carbocycles. The lowest BCUT2D eigenvalue weighted by molar-refractivity contribution is 0.565. The number of rotatable bonds is 6. The molecule has 1 unspecified atom stereocenters. The average molecular weight is 326 g/mol. The number of nitrogens with zero attached hydrogens (tertiary/aromatic N) is 2. The van der Waals surface area contributed by atoms with Gasteiger partial charge in [-0.15, -0.1) is 0 Å². The third-order valence-electron chi connectivity index (χ3n) is 4.49. The largest absolute Gasteiger partial charge is 0.344 e. The highest BCUT2D eigenvalue weighted by Crippen LogP contribution is 2.46. The third-order valence-corrected chi connectivity index (χ3v) is 4.49. The first kappa shape index (κ1) is 16.8. The summed E-state index contributed by atoms with van der Waals surface area (Å²) in [5.74, 6) is -0.169. The third kappa shape index (κ3) is 3.11. The zero-order valence-electron chi connectivity index (χ0n) is 14.5. The van der Waals surface area contributed by atoms with E-state index in [-0.39, 0.29) is 17.9 Å². The Labute approximate surface area is 144 Å². The quantitative estimate of drug-likeness (QED) is 0.852. The molecule has 3 nitrogen and oxygen atoms in total. The van der Waals surface area contributed by atoms with Gasteiger partial charge in [0.05, 0.1) is 17.4 Å². The summed E-state index contributed by atoms with van der Waals surface area (Å²) in [5.41, 5.74) is 2.82. The molecule has 0 saturated carbocycles. The summed E-state index contributed by atoms with van der Waals surface area (Å²) in [6, 6.07) is 16.0. The molecule has 1 aliphatic heterocycles. The van der Waals surface area contributed by atoms with Gasteiger partial charge in [0.25, 0.3) is 0 Å². The highest BCUT2D eigenvalue weighted by Gasteiger charge is 2.35. The van der Waals surface area contributed by atoms with Crippen LogP contribution in [0, 0.1) is 12.5 Å². The number of fused-ring (bicyclic) bond motifs is 1. The predicted octanol–water partition coefficient (Wildman–Crippen LogP) is 4.33. The van der Waals surface area contributed by atoms with Crippen LogP contribution >= 0.6 is 0 Å². The lowest BCUT2D eigenvalue weighted by Crippen LogP contribution is -2.33. The fraction of sp³-hybridized carbons (Fsp3) is 0.350. The molecule has 1 aliphatic rings. The Morgan fingerprint density at radius 1 is 1.00 bits per heavy atom. The number of para-hydroxylation sites is 1. The van der Waals surface area contributed by atoms with E-state index in [0.29, 0.717) is 5.69 Å². The van der Waals surface area contributed by atoms with Crippen molar-refractivity contribution in [1.29, 1.82) is 0 Å². The maximum Gasteiger partial charge on any atom is 0.148 e. The Balaban J connectivity index is 2.03. The maximum absolute atomic E-state index is 14.7. The molecule has 24 heavy (non-hydrogen) atoms. The van der Waals surface area contributed by atoms with Crippen LogP contribution < -0.4 is 15.1 Å². The fourth-order valence-electron chi connectivity index (χ4n) is 3.29. The lowest BCUT2D eigenvalue weighted by atomic mass is 10.0. The molecule has 1 atom stereocenters. The van der Waals surface area contributed by atoms with E-state index in [4.69, 9.17) is 0 Å². The van der Waals surface area contributed by atoms with E-state index in [1.54, 1.807) is 12.1 Å². The molecule has 1 N–H and O–H groups in total. The molecule has 2 aromatic carbocycles. The summed E-state index contributed by atoms with van der Waals surface area (Å²) in [4.78, 5) is 4.24. The highest BCUT2D eigenvalue weighted by atomic mass is 19.1. The Kier molecular flexibility index (Phi) is 5.05. The van der Waals surface area contributed by atoms with Crippen molar-refractivity contribution in [1.82, 2.24) is 5.32 Å². The zero-order valence-corrected chi connectivity index (χ0v) is 14.5. The molecule has 0 aromatic heterocycles. The van der Waals surface area contributed by atoms with Crippen LogP contribution in [0.3, 0.4) is 0 Å². The molecule has 0 fully saturated rings. The molecule has 0 bridgehead atoms. The van der Waals surface area contributed by atoms with Crippen LogP contribution in [0.2, 0.25) is 0 Å². The van der Waals surface area contributed by atoms with Crippen molar-refractivity contribution < 1.29 is 4.39 Å². The first-order chi connectivity index (χ1) is 11.6. The molecule has 127 valence electrons. The Morgan fingerprint density at radius 2 is 1.75 bits per heavy atom. The molecular weight excluding hydrogens is 301 g/mol. The van der Waals surface area contributed by atoms with Gasteiger partial charge in [0.15, 0.2) is 0 Å². The van der Waals surface area contributed by atoms with Crippen LogP contribution in [-0.4, -0.2) is 19.6 Å². The molecular formula is C20H25FN3. The monoisotopic (exact) mass is 326 g/mol. The van der Waals surface area contributed by atoms with Crippen LogP contribution in [0.4, 0.5) is 15.8 Å². The van der Waals surface area contributed by atoms with E-state index in [2.05, 4.69) is 47.8 Å². The molecule has 2 aromatic rings. The minimum atomic E-state index is -0.169. The van der Waals surface area contributed by atoms with Crippen molar-refractivity contribution in [2.45, 2.75) is 32.4 Å². The van der Waals surface area contributed by atoms with Crippen molar-refractivity contribution >= 4 is 11.4 Å². The summed E-state index contributed by atoms with van der Waals surface area (Å²) < 4.78 is 14.7. The van der Waals surface area contributed by atoms with Crippen LogP contribution in [-0.2, 0) is 0 Å². The molecule has 0 amide bonds. The van der Waals surface area contributed by atoms with Crippen LogP contribution in [0.25, 0.3) is 0 Å². The first-order valence-corrected chi connectivity index (χ1v) is 8.53. The van der Waals surface area contributed by atoms with Crippen molar-refractivity contribution in [2.24, 2.45) is 0 Å². The minimum Gasteiger partial charge on any atom is -0.344 e. The van der Waals surface area contributed by atoms with Gasteiger partial charge in [0.2, 0.25) is 0 Å². The average Bonchev–Trinajstić information content (AvgIpc) is 2.97. The van der Waals surface area contributed by atoms with Crippen LogP contribution in [0.5, 0.6) is 0 Å². The summed E-state index contributed by atoms with van der Waals surface area (Å²) in [6.45, 7) is 7.18. The number of hydrogen-bond acceptors (Lipinski definition) is 3. The topological polar surface area (TPSA) is 18.5 Å². The van der Waals surface area contributed by atoms with E-state index in [1.807, 2.05) is 31.3 Å². The molecule has 0 saturated heterocycles. The van der Waals surface area contributed by atoms with Gasteiger partial charge in [-0.3, -0.25) is 0 Å². The van der Waals surface area contributed by atoms with Crippen molar-refractivity contribution in [3.05, 3.63) is 66.6 Å². The summed E-state index contributed by atoms with van der Waals surface area (Å²) >= 11 is 0. The van der Waals surface area contributed by atoms with E-state index in [0.717, 1.165) is 18.7 Å². The van der Waals surface area contributed by atoms with E-state index >= 15 is 0 Å². The summed E-state index contributed by atoms with van der Waals surface area (Å²) in [5, 5.41) is 3.22. The highest BCUT2D eigenvalue weighted by molar-refractivity contribution is 5.80. The van der Waals surface area contributed by atoms with Gasteiger partial charge in [-0.2, -0.15) is 0 Å². The molecule has 1 heterocycles. The number of anilines is 2. The van der Waals surface area contributed by atoms with E-state index in [1.165, 1.54) is 5.56 Å². The normalized spacial score (nSPS) is 15.0. The summed E-state index contributed by atoms with van der Waals surface area (Å²) in [6.07, 6.45) is 0.900. The number of benzene rings is 2. The smallest absolute Gasteiger partial charge is 0.148 e. The second-order valence-corrected chi connectivity index (χ2v) is 6.45. The SMILES string of the molecule is CNCCC(c1ccccc1)N1[CH]N(C(C)C)c2cccc(F)c21.